The molecular weight excluding hydrogens is 468 g/mol. The van der Waals surface area contributed by atoms with Crippen LogP contribution in [0.2, 0.25) is 0 Å². The zero-order chi connectivity index (χ0) is 26.5. The van der Waals surface area contributed by atoms with E-state index in [0.29, 0.717) is 18.5 Å². The number of allylic oxidation sites excluding steroid dienone is 1. The molecule has 2 heterocycles. The second kappa shape index (κ2) is 11.3. The van der Waals surface area contributed by atoms with Crippen molar-refractivity contribution < 1.29 is 4.79 Å². The summed E-state index contributed by atoms with van der Waals surface area (Å²) in [6.45, 7) is 4.86. The third-order valence-electron chi connectivity index (χ3n) is 7.23. The lowest BCUT2D eigenvalue weighted by Gasteiger charge is -2.39. The van der Waals surface area contributed by atoms with E-state index in [9.17, 15) is 10.1 Å². The molecule has 0 aliphatic carbocycles. The Hall–Kier alpha value is -4.43. The van der Waals surface area contributed by atoms with E-state index in [4.69, 9.17) is 4.98 Å². The molecule has 0 radical (unpaired) electrons. The molecule has 1 unspecified atom stereocenters. The molecule has 190 valence electrons. The molecule has 1 aliphatic rings. The van der Waals surface area contributed by atoms with Crippen LogP contribution in [-0.4, -0.2) is 22.0 Å². The van der Waals surface area contributed by atoms with Gasteiger partial charge in [0, 0.05) is 23.1 Å². The Labute approximate surface area is 224 Å². The number of unbranched alkanes of at least 4 members (excludes halogenated alkanes) is 1. The summed E-state index contributed by atoms with van der Waals surface area (Å²) in [4.78, 5) is 20.5. The van der Waals surface area contributed by atoms with Crippen molar-refractivity contribution in [3.8, 4) is 17.2 Å². The molecule has 5 rings (SSSR count). The first-order valence-electron chi connectivity index (χ1n) is 13.3. The highest BCUT2D eigenvalue weighted by molar-refractivity contribution is 5.95. The second-order valence-corrected chi connectivity index (χ2v) is 9.83. The fourth-order valence-electron chi connectivity index (χ4n) is 5.16. The highest BCUT2D eigenvalue weighted by atomic mass is 16.2. The van der Waals surface area contributed by atoms with Crippen molar-refractivity contribution in [1.29, 1.82) is 5.26 Å². The minimum absolute atomic E-state index is 0.00484. The Bertz CT molecular complexity index is 1530. The fourth-order valence-corrected chi connectivity index (χ4v) is 5.16. The molecule has 1 N–H and O–H groups in total. The van der Waals surface area contributed by atoms with Gasteiger partial charge in [-0.3, -0.25) is 9.78 Å². The number of hydrogen-bond acceptors (Lipinski definition) is 4. The molecule has 5 heteroatoms. The molecule has 38 heavy (non-hydrogen) atoms. The minimum atomic E-state index is -0.115. The monoisotopic (exact) mass is 500 g/mol. The molecular formula is C33H32N4O. The first-order valence-corrected chi connectivity index (χ1v) is 13.3. The number of para-hydroxylation sites is 1. The van der Waals surface area contributed by atoms with Crippen molar-refractivity contribution in [2.75, 3.05) is 0 Å². The van der Waals surface area contributed by atoms with E-state index in [0.717, 1.165) is 63.8 Å². The SMILES string of the molecule is CCCCC1=C(Cc2ccc(-c3ccccc3C#N)cc2)C(=O)NC(C)N1Cc1ccc2ccccc2n1. The van der Waals surface area contributed by atoms with E-state index in [2.05, 4.69) is 53.5 Å². The molecule has 5 nitrogen and oxygen atoms in total. The van der Waals surface area contributed by atoms with Crippen molar-refractivity contribution in [2.45, 2.75) is 52.2 Å². The van der Waals surface area contributed by atoms with Gasteiger partial charge in [-0.25, -0.2) is 0 Å². The summed E-state index contributed by atoms with van der Waals surface area (Å²) < 4.78 is 0. The maximum Gasteiger partial charge on any atom is 0.250 e. The van der Waals surface area contributed by atoms with Gasteiger partial charge in [0.1, 0.15) is 0 Å². The maximum absolute atomic E-state index is 13.3. The highest BCUT2D eigenvalue weighted by Crippen LogP contribution is 2.29. The number of amides is 1. The van der Waals surface area contributed by atoms with E-state index < -0.39 is 0 Å². The van der Waals surface area contributed by atoms with Crippen LogP contribution < -0.4 is 5.32 Å². The molecule has 3 aromatic carbocycles. The molecule has 0 spiro atoms. The number of hydrogen-bond donors (Lipinski definition) is 1. The van der Waals surface area contributed by atoms with E-state index in [-0.39, 0.29) is 12.1 Å². The van der Waals surface area contributed by atoms with Crippen LogP contribution in [0.1, 0.15) is 49.9 Å². The third kappa shape index (κ3) is 5.31. The van der Waals surface area contributed by atoms with Gasteiger partial charge in [0.25, 0.3) is 5.91 Å². The predicted molar refractivity (Wildman–Crippen MR) is 152 cm³/mol. The highest BCUT2D eigenvalue weighted by Gasteiger charge is 2.30. The average Bonchev–Trinajstić information content (AvgIpc) is 2.95. The van der Waals surface area contributed by atoms with Crippen LogP contribution in [-0.2, 0) is 17.8 Å². The molecule has 0 saturated carbocycles. The number of carbonyl (C=O) groups is 1. The van der Waals surface area contributed by atoms with Gasteiger partial charge < -0.3 is 10.2 Å². The topological polar surface area (TPSA) is 69.0 Å². The summed E-state index contributed by atoms with van der Waals surface area (Å²) in [6.07, 6.45) is 3.37. The number of fused-ring (bicyclic) bond motifs is 1. The molecule has 1 aromatic heterocycles. The van der Waals surface area contributed by atoms with Gasteiger partial charge in [0.2, 0.25) is 0 Å². The van der Waals surface area contributed by atoms with Crippen molar-refractivity contribution in [2.24, 2.45) is 0 Å². The van der Waals surface area contributed by atoms with Gasteiger partial charge in [-0.2, -0.15) is 5.26 Å². The number of nitrogens with zero attached hydrogens (tertiary/aromatic N) is 3. The van der Waals surface area contributed by atoms with Crippen molar-refractivity contribution in [3.63, 3.8) is 0 Å². The Morgan fingerprint density at radius 3 is 2.53 bits per heavy atom. The zero-order valence-electron chi connectivity index (χ0n) is 21.9. The van der Waals surface area contributed by atoms with Crippen LogP contribution in [0, 0.1) is 11.3 Å². The summed E-state index contributed by atoms with van der Waals surface area (Å²) >= 11 is 0. The quantitative estimate of drug-likeness (QED) is 0.291. The lowest BCUT2D eigenvalue weighted by atomic mass is 9.94. The van der Waals surface area contributed by atoms with Crippen LogP contribution in [0.15, 0.2) is 96.2 Å². The molecule has 1 aliphatic heterocycles. The maximum atomic E-state index is 13.3. The van der Waals surface area contributed by atoms with Gasteiger partial charge >= 0.3 is 0 Å². The van der Waals surface area contributed by atoms with Crippen molar-refractivity contribution >= 4 is 16.8 Å². The van der Waals surface area contributed by atoms with Gasteiger partial charge in [0.15, 0.2) is 0 Å². The summed E-state index contributed by atoms with van der Waals surface area (Å²) in [6, 6.07) is 30.5. The number of nitriles is 1. The standard InChI is InChI=1S/C33H32N4O/c1-3-4-13-32-30(20-24-14-16-25(17-15-24)29-11-7-5-10-27(29)21-34)33(38)35-23(2)37(32)22-28-19-18-26-9-6-8-12-31(26)36-28/h5-12,14-19,23H,3-4,13,20,22H2,1-2H3,(H,35,38). The Kier molecular flexibility index (Phi) is 7.51. The van der Waals surface area contributed by atoms with E-state index in [1.54, 1.807) is 0 Å². The summed E-state index contributed by atoms with van der Waals surface area (Å²) in [5, 5.41) is 13.8. The lowest BCUT2D eigenvalue weighted by Crippen LogP contribution is -2.51. The number of pyridine rings is 1. The number of nitrogens with one attached hydrogen (secondary N) is 1. The number of aromatic nitrogens is 1. The Morgan fingerprint density at radius 2 is 1.74 bits per heavy atom. The van der Waals surface area contributed by atoms with E-state index >= 15 is 0 Å². The third-order valence-corrected chi connectivity index (χ3v) is 7.23. The first kappa shape index (κ1) is 25.2. The lowest BCUT2D eigenvalue weighted by molar-refractivity contribution is -0.120. The Balaban J connectivity index is 1.46. The van der Waals surface area contributed by atoms with Crippen LogP contribution in [0.3, 0.4) is 0 Å². The molecule has 0 fully saturated rings. The number of rotatable bonds is 8. The van der Waals surface area contributed by atoms with E-state index in [1.165, 1.54) is 0 Å². The summed E-state index contributed by atoms with van der Waals surface area (Å²) in [5.74, 6) is 0.00484. The van der Waals surface area contributed by atoms with Gasteiger partial charge in [-0.15, -0.1) is 0 Å². The average molecular weight is 501 g/mol. The predicted octanol–water partition coefficient (Wildman–Crippen LogP) is 6.74. The molecule has 4 aromatic rings. The smallest absolute Gasteiger partial charge is 0.250 e. The summed E-state index contributed by atoms with van der Waals surface area (Å²) in [7, 11) is 0. The first-order chi connectivity index (χ1) is 18.6. The molecule has 0 saturated heterocycles. The molecule has 1 amide bonds. The summed E-state index contributed by atoms with van der Waals surface area (Å²) in [5.41, 5.74) is 7.54. The van der Waals surface area contributed by atoms with Crippen LogP contribution >= 0.6 is 0 Å². The van der Waals surface area contributed by atoms with E-state index in [1.807, 2.05) is 61.5 Å². The number of benzene rings is 3. The van der Waals surface area contributed by atoms with Crippen LogP contribution in [0.25, 0.3) is 22.0 Å². The number of carbonyl (C=O) groups excluding carboxylic acids is 1. The van der Waals surface area contributed by atoms with Crippen LogP contribution in [0.5, 0.6) is 0 Å². The normalized spacial score (nSPS) is 15.4. The molecule has 1 atom stereocenters. The fraction of sp³-hybridized carbons (Fsp3) is 0.242. The van der Waals surface area contributed by atoms with Gasteiger partial charge in [-0.05, 0) is 54.7 Å². The van der Waals surface area contributed by atoms with Crippen molar-refractivity contribution in [1.82, 2.24) is 15.2 Å². The van der Waals surface area contributed by atoms with Gasteiger partial charge in [-0.1, -0.05) is 80.1 Å². The largest absolute Gasteiger partial charge is 0.349 e. The molecule has 0 bridgehead atoms. The Morgan fingerprint density at radius 1 is 0.974 bits per heavy atom. The van der Waals surface area contributed by atoms with Gasteiger partial charge in [0.05, 0.1) is 35.6 Å². The van der Waals surface area contributed by atoms with Crippen LogP contribution in [0.4, 0.5) is 0 Å². The second-order valence-electron chi connectivity index (χ2n) is 9.83. The zero-order valence-corrected chi connectivity index (χ0v) is 21.9. The minimum Gasteiger partial charge on any atom is -0.349 e. The van der Waals surface area contributed by atoms with Crippen molar-refractivity contribution in [3.05, 3.63) is 113 Å².